The Kier molecular flexibility index (Phi) is 4.64. The molecule has 0 amide bonds. The highest BCUT2D eigenvalue weighted by Crippen LogP contribution is 2.44. The third kappa shape index (κ3) is 4.02. The second kappa shape index (κ2) is 6.12. The van der Waals surface area contributed by atoms with Gasteiger partial charge in [-0.25, -0.2) is 8.78 Å². The van der Waals surface area contributed by atoms with E-state index < -0.39 is 11.3 Å². The molecule has 21 heavy (non-hydrogen) atoms. The number of esters is 1. The molecular weight excluding hydrogens is 274 g/mol. The standard InChI is InChI=1S/C17H22F2O2/c1-16(2,14-8-10-17(18,19)11-9-14)15(20)21-12-13-6-4-3-5-7-13/h3-7,14H,8-12H2,1-2H3. The molecule has 0 unspecified atom stereocenters. The number of carbonyl (C=O) groups is 1. The second-order valence-electron chi connectivity index (χ2n) is 6.41. The number of carbonyl (C=O) groups excluding carboxylic acids is 1. The van der Waals surface area contributed by atoms with Crippen molar-refractivity contribution in [1.29, 1.82) is 0 Å². The summed E-state index contributed by atoms with van der Waals surface area (Å²) in [6.07, 6.45) is 0.487. The number of hydrogen-bond donors (Lipinski definition) is 0. The van der Waals surface area contributed by atoms with Crippen LogP contribution in [0.25, 0.3) is 0 Å². The van der Waals surface area contributed by atoms with Gasteiger partial charge in [0, 0.05) is 12.8 Å². The van der Waals surface area contributed by atoms with Crippen molar-refractivity contribution >= 4 is 5.97 Å². The first-order valence-electron chi connectivity index (χ1n) is 7.40. The van der Waals surface area contributed by atoms with Crippen LogP contribution in [0.15, 0.2) is 30.3 Å². The van der Waals surface area contributed by atoms with Crippen LogP contribution < -0.4 is 0 Å². The molecule has 116 valence electrons. The van der Waals surface area contributed by atoms with Gasteiger partial charge in [0.25, 0.3) is 0 Å². The highest BCUT2D eigenvalue weighted by Gasteiger charge is 2.44. The van der Waals surface area contributed by atoms with E-state index in [1.54, 1.807) is 13.8 Å². The van der Waals surface area contributed by atoms with Crippen molar-refractivity contribution in [1.82, 2.24) is 0 Å². The van der Waals surface area contributed by atoms with E-state index in [9.17, 15) is 13.6 Å². The van der Waals surface area contributed by atoms with Crippen molar-refractivity contribution in [3.05, 3.63) is 35.9 Å². The predicted molar refractivity (Wildman–Crippen MR) is 76.9 cm³/mol. The molecule has 0 bridgehead atoms. The van der Waals surface area contributed by atoms with E-state index >= 15 is 0 Å². The van der Waals surface area contributed by atoms with Crippen LogP contribution in [0.4, 0.5) is 8.78 Å². The van der Waals surface area contributed by atoms with Crippen LogP contribution in [0.3, 0.4) is 0 Å². The van der Waals surface area contributed by atoms with E-state index in [2.05, 4.69) is 0 Å². The summed E-state index contributed by atoms with van der Waals surface area (Å²) in [4.78, 5) is 12.3. The molecule has 1 aromatic rings. The lowest BCUT2D eigenvalue weighted by molar-refractivity contribution is -0.161. The molecule has 0 saturated heterocycles. The Morgan fingerprint density at radius 2 is 1.81 bits per heavy atom. The summed E-state index contributed by atoms with van der Waals surface area (Å²) in [6.45, 7) is 3.83. The van der Waals surface area contributed by atoms with Crippen molar-refractivity contribution < 1.29 is 18.3 Å². The third-order valence-electron chi connectivity index (χ3n) is 4.48. The maximum atomic E-state index is 13.2. The van der Waals surface area contributed by atoms with Gasteiger partial charge in [-0.1, -0.05) is 30.3 Å². The average Bonchev–Trinajstić information content (AvgIpc) is 2.45. The van der Waals surface area contributed by atoms with E-state index in [-0.39, 0.29) is 31.3 Å². The van der Waals surface area contributed by atoms with E-state index in [1.165, 1.54) is 0 Å². The van der Waals surface area contributed by atoms with Crippen molar-refractivity contribution in [2.45, 2.75) is 52.1 Å². The minimum atomic E-state index is -2.57. The molecule has 2 nitrogen and oxygen atoms in total. The van der Waals surface area contributed by atoms with Crippen LogP contribution in [0.1, 0.15) is 45.1 Å². The molecule has 4 heteroatoms. The van der Waals surface area contributed by atoms with Gasteiger partial charge in [0.2, 0.25) is 5.92 Å². The molecule has 1 fully saturated rings. The van der Waals surface area contributed by atoms with Gasteiger partial charge >= 0.3 is 5.97 Å². The van der Waals surface area contributed by atoms with Gasteiger partial charge < -0.3 is 4.74 Å². The zero-order valence-corrected chi connectivity index (χ0v) is 12.6. The second-order valence-corrected chi connectivity index (χ2v) is 6.41. The summed E-state index contributed by atoms with van der Waals surface area (Å²) < 4.78 is 31.8. The molecule has 0 spiro atoms. The molecular formula is C17H22F2O2. The maximum absolute atomic E-state index is 13.2. The largest absolute Gasteiger partial charge is 0.460 e. The van der Waals surface area contributed by atoms with Gasteiger partial charge in [0.1, 0.15) is 6.61 Å². The summed E-state index contributed by atoms with van der Waals surface area (Å²) in [6, 6.07) is 9.45. The third-order valence-corrected chi connectivity index (χ3v) is 4.48. The quantitative estimate of drug-likeness (QED) is 0.760. The first-order valence-corrected chi connectivity index (χ1v) is 7.40. The SMILES string of the molecule is CC(C)(C(=O)OCc1ccccc1)C1CCC(F)(F)CC1. The first-order chi connectivity index (χ1) is 9.81. The lowest BCUT2D eigenvalue weighted by Gasteiger charge is -2.37. The predicted octanol–water partition coefficient (Wildman–Crippen LogP) is 4.58. The maximum Gasteiger partial charge on any atom is 0.312 e. The Bertz CT molecular complexity index is 473. The molecule has 0 heterocycles. The van der Waals surface area contributed by atoms with Crippen LogP contribution in [0.2, 0.25) is 0 Å². The van der Waals surface area contributed by atoms with Gasteiger partial charge in [-0.05, 0) is 38.2 Å². The average molecular weight is 296 g/mol. The fraction of sp³-hybridized carbons (Fsp3) is 0.588. The normalized spacial score (nSPS) is 19.2. The Balaban J connectivity index is 1.91. The zero-order chi connectivity index (χ0) is 15.5. The molecule has 1 saturated carbocycles. The van der Waals surface area contributed by atoms with E-state index in [4.69, 9.17) is 4.74 Å². The van der Waals surface area contributed by atoms with Gasteiger partial charge in [0.15, 0.2) is 0 Å². The number of benzene rings is 1. The van der Waals surface area contributed by atoms with Gasteiger partial charge in [-0.2, -0.15) is 0 Å². The van der Waals surface area contributed by atoms with Gasteiger partial charge in [-0.15, -0.1) is 0 Å². The van der Waals surface area contributed by atoms with Crippen LogP contribution in [0, 0.1) is 11.3 Å². The van der Waals surface area contributed by atoms with Crippen LogP contribution in [-0.4, -0.2) is 11.9 Å². The van der Waals surface area contributed by atoms with E-state index in [1.807, 2.05) is 30.3 Å². The summed E-state index contributed by atoms with van der Waals surface area (Å²) in [7, 11) is 0. The molecule has 0 N–H and O–H groups in total. The smallest absolute Gasteiger partial charge is 0.312 e. The lowest BCUT2D eigenvalue weighted by Crippen LogP contribution is -2.39. The topological polar surface area (TPSA) is 26.3 Å². The number of ether oxygens (including phenoxy) is 1. The van der Waals surface area contributed by atoms with Crippen molar-refractivity contribution in [2.24, 2.45) is 11.3 Å². The molecule has 1 aliphatic carbocycles. The number of alkyl halides is 2. The van der Waals surface area contributed by atoms with Gasteiger partial charge in [0.05, 0.1) is 5.41 Å². The monoisotopic (exact) mass is 296 g/mol. The molecule has 0 aromatic heterocycles. The Hall–Kier alpha value is -1.45. The highest BCUT2D eigenvalue weighted by molar-refractivity contribution is 5.76. The minimum absolute atomic E-state index is 0.0413. The molecule has 1 aromatic carbocycles. The summed E-state index contributed by atoms with van der Waals surface area (Å²) in [5.74, 6) is -2.91. The Morgan fingerprint density at radius 1 is 1.24 bits per heavy atom. The molecule has 0 atom stereocenters. The lowest BCUT2D eigenvalue weighted by atomic mass is 9.70. The summed E-state index contributed by atoms with van der Waals surface area (Å²) in [5, 5.41) is 0. The molecule has 1 aliphatic rings. The minimum Gasteiger partial charge on any atom is -0.460 e. The fourth-order valence-corrected chi connectivity index (χ4v) is 2.84. The Labute approximate surface area is 124 Å². The number of hydrogen-bond acceptors (Lipinski definition) is 2. The van der Waals surface area contributed by atoms with Crippen LogP contribution in [-0.2, 0) is 16.1 Å². The summed E-state index contributed by atoms with van der Waals surface area (Å²) >= 11 is 0. The van der Waals surface area contributed by atoms with Crippen LogP contribution in [0.5, 0.6) is 0 Å². The van der Waals surface area contributed by atoms with E-state index in [0.29, 0.717) is 12.8 Å². The van der Waals surface area contributed by atoms with Crippen molar-refractivity contribution in [3.63, 3.8) is 0 Å². The van der Waals surface area contributed by atoms with Crippen molar-refractivity contribution in [2.75, 3.05) is 0 Å². The van der Waals surface area contributed by atoms with Crippen molar-refractivity contribution in [3.8, 4) is 0 Å². The molecule has 2 rings (SSSR count). The molecule has 0 aliphatic heterocycles. The first kappa shape index (κ1) is 15.9. The zero-order valence-electron chi connectivity index (χ0n) is 12.6. The number of halogens is 2. The number of rotatable bonds is 4. The molecule has 0 radical (unpaired) electrons. The Morgan fingerprint density at radius 3 is 2.38 bits per heavy atom. The van der Waals surface area contributed by atoms with Gasteiger partial charge in [-0.3, -0.25) is 4.79 Å². The van der Waals surface area contributed by atoms with E-state index in [0.717, 1.165) is 5.56 Å². The van der Waals surface area contributed by atoms with Crippen LogP contribution >= 0.6 is 0 Å². The highest BCUT2D eigenvalue weighted by atomic mass is 19.3. The summed E-state index contributed by atoms with van der Waals surface area (Å²) in [5.41, 5.74) is 0.211. The fourth-order valence-electron chi connectivity index (χ4n) is 2.84.